The van der Waals surface area contributed by atoms with E-state index in [2.05, 4.69) is 0 Å². The minimum Gasteiger partial charge on any atom is -0.508 e. The van der Waals surface area contributed by atoms with Crippen LogP contribution in [0, 0.1) is 6.92 Å². The SMILES string of the molecule is COc1ccccc1C=C1Oc2cc(O)cc(C)c2C1=O. The highest BCUT2D eigenvalue weighted by Gasteiger charge is 2.29. The number of aromatic hydroxyl groups is 1. The molecule has 106 valence electrons. The number of benzene rings is 2. The van der Waals surface area contributed by atoms with Gasteiger partial charge in [0.1, 0.15) is 17.2 Å². The molecule has 3 rings (SSSR count). The van der Waals surface area contributed by atoms with Crippen LogP contribution in [0.25, 0.3) is 6.08 Å². The third-order valence-electron chi connectivity index (χ3n) is 3.38. The summed E-state index contributed by atoms with van der Waals surface area (Å²) in [6.45, 7) is 1.77. The average molecular weight is 282 g/mol. The van der Waals surface area contributed by atoms with Gasteiger partial charge >= 0.3 is 0 Å². The Bertz CT molecular complexity index is 759. The molecule has 0 bridgehead atoms. The molecule has 4 heteroatoms. The van der Waals surface area contributed by atoms with E-state index >= 15 is 0 Å². The fourth-order valence-electron chi connectivity index (χ4n) is 2.42. The summed E-state index contributed by atoms with van der Waals surface area (Å²) in [5.74, 6) is 1.17. The Labute approximate surface area is 122 Å². The second-order valence-electron chi connectivity index (χ2n) is 4.82. The van der Waals surface area contributed by atoms with Crippen LogP contribution in [0.3, 0.4) is 0 Å². The number of carbonyl (C=O) groups is 1. The standard InChI is InChI=1S/C17H14O4/c1-10-7-12(18)9-14-16(10)17(19)15(21-14)8-11-5-3-4-6-13(11)20-2/h3-9,18H,1-2H3. The molecule has 0 saturated carbocycles. The number of hydrogen-bond acceptors (Lipinski definition) is 4. The van der Waals surface area contributed by atoms with Gasteiger partial charge in [-0.05, 0) is 30.7 Å². The van der Waals surface area contributed by atoms with Crippen LogP contribution in [-0.2, 0) is 0 Å². The predicted molar refractivity (Wildman–Crippen MR) is 78.8 cm³/mol. The van der Waals surface area contributed by atoms with Gasteiger partial charge in [0.25, 0.3) is 0 Å². The van der Waals surface area contributed by atoms with Crippen molar-refractivity contribution in [2.75, 3.05) is 7.11 Å². The summed E-state index contributed by atoms with van der Waals surface area (Å²) in [7, 11) is 1.58. The van der Waals surface area contributed by atoms with E-state index in [0.717, 1.165) is 5.56 Å². The number of fused-ring (bicyclic) bond motifs is 1. The number of ether oxygens (including phenoxy) is 2. The lowest BCUT2D eigenvalue weighted by molar-refractivity contribution is 0.101. The van der Waals surface area contributed by atoms with E-state index in [1.54, 1.807) is 26.2 Å². The summed E-state index contributed by atoms with van der Waals surface area (Å²) < 4.78 is 10.8. The van der Waals surface area contributed by atoms with Crippen molar-refractivity contribution < 1.29 is 19.4 Å². The fraction of sp³-hybridized carbons (Fsp3) is 0.118. The third-order valence-corrected chi connectivity index (χ3v) is 3.38. The molecule has 2 aromatic rings. The van der Waals surface area contributed by atoms with Crippen LogP contribution in [0.4, 0.5) is 0 Å². The van der Waals surface area contributed by atoms with Crippen LogP contribution in [0.5, 0.6) is 17.2 Å². The van der Waals surface area contributed by atoms with Crippen molar-refractivity contribution >= 4 is 11.9 Å². The smallest absolute Gasteiger partial charge is 0.232 e. The summed E-state index contributed by atoms with van der Waals surface area (Å²) in [5, 5.41) is 9.59. The lowest BCUT2D eigenvalue weighted by Gasteiger charge is -2.04. The average Bonchev–Trinajstić information content (AvgIpc) is 2.76. The molecule has 0 spiro atoms. The van der Waals surface area contributed by atoms with Gasteiger partial charge in [0, 0.05) is 11.6 Å². The van der Waals surface area contributed by atoms with E-state index in [4.69, 9.17) is 9.47 Å². The van der Waals surface area contributed by atoms with Crippen molar-refractivity contribution in [3.05, 3.63) is 58.8 Å². The summed E-state index contributed by atoms with van der Waals surface area (Å²) in [6, 6.07) is 10.4. The number of ketones is 1. The molecule has 1 aliphatic rings. The molecule has 4 nitrogen and oxygen atoms in total. The van der Waals surface area contributed by atoms with Gasteiger partial charge in [-0.1, -0.05) is 18.2 Å². The largest absolute Gasteiger partial charge is 0.508 e. The van der Waals surface area contributed by atoms with E-state index < -0.39 is 0 Å². The third kappa shape index (κ3) is 2.25. The van der Waals surface area contributed by atoms with E-state index in [9.17, 15) is 9.90 Å². The molecule has 0 amide bonds. The normalized spacial score (nSPS) is 15.0. The van der Waals surface area contributed by atoms with Gasteiger partial charge in [0.05, 0.1) is 12.7 Å². The fourth-order valence-corrected chi connectivity index (χ4v) is 2.42. The molecule has 2 aromatic carbocycles. The molecule has 0 fully saturated rings. The van der Waals surface area contributed by atoms with Crippen molar-refractivity contribution in [3.63, 3.8) is 0 Å². The van der Waals surface area contributed by atoms with Gasteiger partial charge in [0.2, 0.25) is 5.78 Å². The zero-order chi connectivity index (χ0) is 15.0. The number of rotatable bonds is 2. The number of phenols is 1. The van der Waals surface area contributed by atoms with Gasteiger partial charge in [-0.3, -0.25) is 4.79 Å². The highest BCUT2D eigenvalue weighted by Crippen LogP contribution is 2.37. The highest BCUT2D eigenvalue weighted by molar-refractivity contribution is 6.15. The Morgan fingerprint density at radius 1 is 1.24 bits per heavy atom. The first-order valence-electron chi connectivity index (χ1n) is 6.51. The number of Topliss-reactive ketones (excluding diaryl/α,β-unsaturated/α-hetero) is 1. The molecule has 0 unspecified atom stereocenters. The molecule has 1 heterocycles. The Kier molecular flexibility index (Phi) is 3.14. The van der Waals surface area contributed by atoms with Crippen LogP contribution in [0.2, 0.25) is 0 Å². The maximum atomic E-state index is 12.4. The number of methoxy groups -OCH3 is 1. The molecule has 0 aromatic heterocycles. The Morgan fingerprint density at radius 2 is 2.00 bits per heavy atom. The number of allylic oxidation sites excluding steroid dienone is 1. The molecule has 0 saturated heterocycles. The van der Waals surface area contributed by atoms with Crippen molar-refractivity contribution in [2.24, 2.45) is 0 Å². The van der Waals surface area contributed by atoms with Gasteiger partial charge in [0.15, 0.2) is 5.76 Å². The molecular weight excluding hydrogens is 268 g/mol. The maximum absolute atomic E-state index is 12.4. The second kappa shape index (κ2) is 4.98. The highest BCUT2D eigenvalue weighted by atomic mass is 16.5. The van der Waals surface area contributed by atoms with E-state index in [1.807, 2.05) is 24.3 Å². The number of hydrogen-bond donors (Lipinski definition) is 1. The Hall–Kier alpha value is -2.75. The summed E-state index contributed by atoms with van der Waals surface area (Å²) in [5.41, 5.74) is 1.95. The molecule has 0 aliphatic carbocycles. The van der Waals surface area contributed by atoms with Crippen molar-refractivity contribution in [2.45, 2.75) is 6.92 Å². The Morgan fingerprint density at radius 3 is 2.76 bits per heavy atom. The molecular formula is C17H14O4. The van der Waals surface area contributed by atoms with Crippen molar-refractivity contribution in [1.82, 2.24) is 0 Å². The van der Waals surface area contributed by atoms with Gasteiger partial charge in [-0.25, -0.2) is 0 Å². The lowest BCUT2D eigenvalue weighted by atomic mass is 10.0. The van der Waals surface area contributed by atoms with Gasteiger partial charge in [-0.15, -0.1) is 0 Å². The monoisotopic (exact) mass is 282 g/mol. The summed E-state index contributed by atoms with van der Waals surface area (Å²) >= 11 is 0. The van der Waals surface area contributed by atoms with Crippen LogP contribution in [0.1, 0.15) is 21.5 Å². The summed E-state index contributed by atoms with van der Waals surface area (Å²) in [4.78, 5) is 12.4. The number of aryl methyl sites for hydroxylation is 1. The molecule has 0 atom stereocenters. The number of para-hydroxylation sites is 1. The zero-order valence-electron chi connectivity index (χ0n) is 11.7. The topological polar surface area (TPSA) is 55.8 Å². The van der Waals surface area contributed by atoms with Gasteiger partial charge in [-0.2, -0.15) is 0 Å². The van der Waals surface area contributed by atoms with Crippen LogP contribution >= 0.6 is 0 Å². The molecule has 1 N–H and O–H groups in total. The molecule has 21 heavy (non-hydrogen) atoms. The minimum absolute atomic E-state index is 0.0811. The quantitative estimate of drug-likeness (QED) is 0.858. The van der Waals surface area contributed by atoms with E-state index in [0.29, 0.717) is 22.6 Å². The van der Waals surface area contributed by atoms with Gasteiger partial charge < -0.3 is 14.6 Å². The maximum Gasteiger partial charge on any atom is 0.232 e. The van der Waals surface area contributed by atoms with E-state index in [-0.39, 0.29) is 17.3 Å². The van der Waals surface area contributed by atoms with Crippen LogP contribution in [0.15, 0.2) is 42.2 Å². The van der Waals surface area contributed by atoms with Crippen molar-refractivity contribution in [3.8, 4) is 17.2 Å². The first-order chi connectivity index (χ1) is 10.1. The van der Waals surface area contributed by atoms with E-state index in [1.165, 1.54) is 6.07 Å². The van der Waals surface area contributed by atoms with Crippen LogP contribution < -0.4 is 9.47 Å². The van der Waals surface area contributed by atoms with Crippen molar-refractivity contribution in [1.29, 1.82) is 0 Å². The zero-order valence-corrected chi connectivity index (χ0v) is 11.7. The van der Waals surface area contributed by atoms with Crippen LogP contribution in [-0.4, -0.2) is 18.0 Å². The first-order valence-corrected chi connectivity index (χ1v) is 6.51. The molecule has 0 radical (unpaired) electrons. The number of carbonyl (C=O) groups excluding carboxylic acids is 1. The first kappa shape index (κ1) is 13.2. The Balaban J connectivity index is 2.05. The number of phenolic OH excluding ortho intramolecular Hbond substituents is 1. The lowest BCUT2D eigenvalue weighted by Crippen LogP contribution is -2.00. The summed E-state index contributed by atoms with van der Waals surface area (Å²) in [6.07, 6.45) is 1.65. The second-order valence-corrected chi connectivity index (χ2v) is 4.82. The minimum atomic E-state index is -0.187. The molecule has 1 aliphatic heterocycles. The predicted octanol–water partition coefficient (Wildman–Crippen LogP) is 3.33.